The summed E-state index contributed by atoms with van der Waals surface area (Å²) in [5.74, 6) is 4.93. The topological polar surface area (TPSA) is 67.6 Å². The average Bonchev–Trinajstić information content (AvgIpc) is 2.77. The highest BCUT2D eigenvalue weighted by Crippen LogP contribution is 2.60. The van der Waals surface area contributed by atoms with E-state index in [-0.39, 0.29) is 0 Å². The lowest BCUT2D eigenvalue weighted by Gasteiger charge is -2.55. The number of hydrogen-bond acceptors (Lipinski definition) is 3. The molecule has 4 aliphatic rings. The summed E-state index contributed by atoms with van der Waals surface area (Å²) in [6.45, 7) is 0.648. The van der Waals surface area contributed by atoms with Gasteiger partial charge in [-0.1, -0.05) is 0 Å². The summed E-state index contributed by atoms with van der Waals surface area (Å²) in [5, 5.41) is 7.62. The third-order valence-electron chi connectivity index (χ3n) is 5.43. The van der Waals surface area contributed by atoms with Crippen molar-refractivity contribution in [2.45, 2.75) is 50.4 Å². The van der Waals surface area contributed by atoms with Gasteiger partial charge in [0.1, 0.15) is 5.82 Å². The van der Waals surface area contributed by atoms with Gasteiger partial charge >= 0.3 is 0 Å². The van der Waals surface area contributed by atoms with E-state index in [1.54, 1.807) is 0 Å². The van der Waals surface area contributed by atoms with Crippen LogP contribution in [0.2, 0.25) is 0 Å². The number of aromatic amines is 1. The molecule has 4 aliphatic carbocycles. The zero-order valence-electron chi connectivity index (χ0n) is 10.9. The summed E-state index contributed by atoms with van der Waals surface area (Å²) in [5.41, 5.74) is 5.91. The first-order chi connectivity index (χ1) is 8.77. The maximum atomic E-state index is 5.59. The molecule has 0 unspecified atom stereocenters. The van der Waals surface area contributed by atoms with E-state index >= 15 is 0 Å². The number of aromatic nitrogens is 3. The molecule has 4 saturated carbocycles. The molecule has 1 aromatic heterocycles. The fourth-order valence-corrected chi connectivity index (χ4v) is 5.17. The second kappa shape index (κ2) is 3.80. The first-order valence-electron chi connectivity index (χ1n) is 7.39. The quantitative estimate of drug-likeness (QED) is 0.854. The van der Waals surface area contributed by atoms with Crippen LogP contribution in [0.4, 0.5) is 0 Å². The van der Waals surface area contributed by atoms with Crippen molar-refractivity contribution < 1.29 is 0 Å². The molecule has 1 aromatic rings. The van der Waals surface area contributed by atoms with E-state index < -0.39 is 0 Å². The molecule has 4 fully saturated rings. The Morgan fingerprint density at radius 1 is 1.11 bits per heavy atom. The van der Waals surface area contributed by atoms with Crippen LogP contribution >= 0.6 is 0 Å². The highest BCUT2D eigenvalue weighted by molar-refractivity contribution is 5.17. The van der Waals surface area contributed by atoms with Crippen LogP contribution in [0.5, 0.6) is 0 Å². The van der Waals surface area contributed by atoms with Crippen molar-refractivity contribution in [2.24, 2.45) is 23.5 Å². The zero-order valence-corrected chi connectivity index (χ0v) is 10.9. The zero-order chi connectivity index (χ0) is 12.2. The maximum absolute atomic E-state index is 5.59. The number of hydrogen-bond donors (Lipinski definition) is 2. The van der Waals surface area contributed by atoms with Gasteiger partial charge < -0.3 is 5.73 Å². The van der Waals surface area contributed by atoms with Crippen LogP contribution < -0.4 is 5.73 Å². The van der Waals surface area contributed by atoms with E-state index in [4.69, 9.17) is 10.7 Å². The molecular weight excluding hydrogens is 224 g/mol. The SMILES string of the molecule is NCCc1nc(C23CC4CC(CC(C4)C2)C3)n[nH]1. The van der Waals surface area contributed by atoms with Crippen LogP contribution in [0.25, 0.3) is 0 Å². The molecule has 4 bridgehead atoms. The van der Waals surface area contributed by atoms with Crippen molar-refractivity contribution in [2.75, 3.05) is 6.54 Å². The Labute approximate surface area is 108 Å². The highest BCUT2D eigenvalue weighted by atomic mass is 15.2. The van der Waals surface area contributed by atoms with E-state index in [2.05, 4.69) is 10.2 Å². The molecule has 98 valence electrons. The first-order valence-corrected chi connectivity index (χ1v) is 7.39. The minimum atomic E-state index is 0.318. The number of nitrogens with zero attached hydrogens (tertiary/aromatic N) is 2. The van der Waals surface area contributed by atoms with Crippen LogP contribution in [0.15, 0.2) is 0 Å². The second-order valence-corrected chi connectivity index (χ2v) is 6.84. The van der Waals surface area contributed by atoms with Gasteiger partial charge in [-0.2, -0.15) is 5.10 Å². The normalized spacial score (nSPS) is 41.5. The highest BCUT2D eigenvalue weighted by Gasteiger charge is 2.53. The van der Waals surface area contributed by atoms with Crippen molar-refractivity contribution in [1.29, 1.82) is 0 Å². The van der Waals surface area contributed by atoms with Gasteiger partial charge in [0, 0.05) is 11.8 Å². The summed E-state index contributed by atoms with van der Waals surface area (Å²) >= 11 is 0. The third kappa shape index (κ3) is 1.54. The van der Waals surface area contributed by atoms with E-state index in [1.165, 1.54) is 38.5 Å². The second-order valence-electron chi connectivity index (χ2n) is 6.84. The minimum Gasteiger partial charge on any atom is -0.330 e. The van der Waals surface area contributed by atoms with Crippen molar-refractivity contribution in [3.05, 3.63) is 11.6 Å². The lowest BCUT2D eigenvalue weighted by Crippen LogP contribution is -2.49. The Hall–Kier alpha value is -0.900. The molecule has 5 rings (SSSR count). The number of nitrogens with one attached hydrogen (secondary N) is 1. The van der Waals surface area contributed by atoms with Crippen molar-refractivity contribution >= 4 is 0 Å². The molecule has 0 aromatic carbocycles. The summed E-state index contributed by atoms with van der Waals surface area (Å²) < 4.78 is 0. The largest absolute Gasteiger partial charge is 0.330 e. The number of H-pyrrole nitrogens is 1. The molecule has 0 spiro atoms. The average molecular weight is 246 g/mol. The van der Waals surface area contributed by atoms with Gasteiger partial charge in [0.25, 0.3) is 0 Å². The van der Waals surface area contributed by atoms with E-state index in [1.807, 2.05) is 0 Å². The van der Waals surface area contributed by atoms with Gasteiger partial charge in [0.2, 0.25) is 0 Å². The Kier molecular flexibility index (Phi) is 2.31. The van der Waals surface area contributed by atoms with Crippen LogP contribution in [-0.4, -0.2) is 21.7 Å². The van der Waals surface area contributed by atoms with Crippen LogP contribution in [0.1, 0.15) is 50.2 Å². The van der Waals surface area contributed by atoms with E-state index in [0.717, 1.165) is 35.8 Å². The molecule has 0 radical (unpaired) electrons. The Bertz CT molecular complexity index is 415. The van der Waals surface area contributed by atoms with Gasteiger partial charge in [0.15, 0.2) is 5.82 Å². The molecule has 18 heavy (non-hydrogen) atoms. The van der Waals surface area contributed by atoms with Gasteiger partial charge in [-0.25, -0.2) is 4.98 Å². The molecule has 0 amide bonds. The lowest BCUT2D eigenvalue weighted by molar-refractivity contribution is -0.00925. The molecule has 1 heterocycles. The Balaban J connectivity index is 1.66. The molecular formula is C14H22N4. The minimum absolute atomic E-state index is 0.318. The fraction of sp³-hybridized carbons (Fsp3) is 0.857. The first kappa shape index (κ1) is 11.0. The van der Waals surface area contributed by atoms with Crippen LogP contribution in [0.3, 0.4) is 0 Å². The monoisotopic (exact) mass is 246 g/mol. The Morgan fingerprint density at radius 2 is 1.72 bits per heavy atom. The van der Waals surface area contributed by atoms with Crippen LogP contribution in [0, 0.1) is 17.8 Å². The molecule has 4 heteroatoms. The summed E-state index contributed by atoms with van der Waals surface area (Å²) in [4.78, 5) is 4.74. The molecule has 3 N–H and O–H groups in total. The van der Waals surface area contributed by atoms with Gasteiger partial charge in [-0.05, 0) is 62.8 Å². The van der Waals surface area contributed by atoms with Crippen LogP contribution in [-0.2, 0) is 11.8 Å². The molecule has 0 saturated heterocycles. The standard InChI is InChI=1S/C14H22N4/c15-2-1-12-16-13(18-17-12)14-6-9-3-10(7-14)5-11(4-9)8-14/h9-11H,1-8,15H2,(H,16,17,18). The van der Waals surface area contributed by atoms with Crippen molar-refractivity contribution in [3.8, 4) is 0 Å². The summed E-state index contributed by atoms with van der Waals surface area (Å²) in [6.07, 6.45) is 9.23. The van der Waals surface area contributed by atoms with Gasteiger partial charge in [0.05, 0.1) is 0 Å². The molecule has 4 nitrogen and oxygen atoms in total. The number of rotatable bonds is 3. The van der Waals surface area contributed by atoms with E-state index in [9.17, 15) is 0 Å². The predicted molar refractivity (Wildman–Crippen MR) is 69.0 cm³/mol. The lowest BCUT2D eigenvalue weighted by atomic mass is 9.49. The smallest absolute Gasteiger partial charge is 0.156 e. The van der Waals surface area contributed by atoms with Gasteiger partial charge in [-0.3, -0.25) is 5.10 Å². The third-order valence-corrected chi connectivity index (χ3v) is 5.43. The summed E-state index contributed by atoms with van der Waals surface area (Å²) in [6, 6.07) is 0. The van der Waals surface area contributed by atoms with E-state index in [0.29, 0.717) is 12.0 Å². The maximum Gasteiger partial charge on any atom is 0.156 e. The Morgan fingerprint density at radius 3 is 2.28 bits per heavy atom. The molecule has 0 atom stereocenters. The van der Waals surface area contributed by atoms with Gasteiger partial charge in [-0.15, -0.1) is 0 Å². The predicted octanol–water partition coefficient (Wildman–Crippen LogP) is 1.77. The van der Waals surface area contributed by atoms with Crippen molar-refractivity contribution in [1.82, 2.24) is 15.2 Å². The summed E-state index contributed by atoms with van der Waals surface area (Å²) in [7, 11) is 0. The van der Waals surface area contributed by atoms with Crippen molar-refractivity contribution in [3.63, 3.8) is 0 Å². The molecule has 0 aliphatic heterocycles. The fourth-order valence-electron chi connectivity index (χ4n) is 5.17. The number of nitrogens with two attached hydrogens (primary N) is 1.